The van der Waals surface area contributed by atoms with Crippen LogP contribution in [0.2, 0.25) is 5.28 Å². The van der Waals surface area contributed by atoms with Gasteiger partial charge in [0.2, 0.25) is 11.1 Å². The van der Waals surface area contributed by atoms with Crippen LogP contribution in [0.3, 0.4) is 0 Å². The minimum absolute atomic E-state index is 0.129. The molecule has 0 spiro atoms. The number of anilines is 1. The predicted molar refractivity (Wildman–Crippen MR) is 127 cm³/mol. The van der Waals surface area contributed by atoms with Crippen molar-refractivity contribution in [1.29, 1.82) is 0 Å². The van der Waals surface area contributed by atoms with Gasteiger partial charge in [0.25, 0.3) is 11.8 Å². The Morgan fingerprint density at radius 1 is 1.22 bits per heavy atom. The number of carbonyl (C=O) groups is 1. The number of carbonyl (C=O) groups excluding carboxylic acids is 1. The van der Waals surface area contributed by atoms with Gasteiger partial charge >= 0.3 is 0 Å². The topological polar surface area (TPSA) is 64.5 Å². The standard InChI is InChI=1S/C22H15ClFN3O3S2/c1-2-29-15-8-6-14(7-9-15)27-20(28)18(32-22(27)31)11-13-4-3-5-16(10-13)30-19-17(24)12-25-21(23)26-19/h3-12H,2H2,1H3. The Morgan fingerprint density at radius 2 is 2.00 bits per heavy atom. The average molecular weight is 488 g/mol. The Balaban J connectivity index is 1.55. The quantitative estimate of drug-likeness (QED) is 0.245. The maximum Gasteiger partial charge on any atom is 0.270 e. The molecule has 1 amide bonds. The van der Waals surface area contributed by atoms with Crippen LogP contribution in [0.1, 0.15) is 12.5 Å². The molecule has 4 rings (SSSR count). The Kier molecular flexibility index (Phi) is 6.69. The zero-order valence-electron chi connectivity index (χ0n) is 16.6. The third kappa shape index (κ3) is 4.90. The number of amides is 1. The van der Waals surface area contributed by atoms with Crippen molar-refractivity contribution >= 4 is 57.6 Å². The second kappa shape index (κ2) is 9.64. The second-order valence-electron chi connectivity index (χ2n) is 6.41. The fourth-order valence-electron chi connectivity index (χ4n) is 2.88. The van der Waals surface area contributed by atoms with Crippen LogP contribution in [0.25, 0.3) is 6.08 Å². The summed E-state index contributed by atoms with van der Waals surface area (Å²) in [5, 5.41) is -0.129. The molecular weight excluding hydrogens is 473 g/mol. The molecule has 10 heteroatoms. The summed E-state index contributed by atoms with van der Waals surface area (Å²) in [6, 6.07) is 14.0. The molecule has 0 atom stereocenters. The van der Waals surface area contributed by atoms with Crippen LogP contribution in [0.15, 0.2) is 59.6 Å². The van der Waals surface area contributed by atoms with Crippen molar-refractivity contribution in [2.75, 3.05) is 11.5 Å². The molecule has 0 bridgehead atoms. The number of thiocarbonyl (C=S) groups is 1. The van der Waals surface area contributed by atoms with E-state index in [-0.39, 0.29) is 17.1 Å². The molecule has 0 N–H and O–H groups in total. The minimum atomic E-state index is -0.740. The van der Waals surface area contributed by atoms with Gasteiger partial charge in [-0.3, -0.25) is 9.69 Å². The van der Waals surface area contributed by atoms with Crippen molar-refractivity contribution in [2.24, 2.45) is 0 Å². The van der Waals surface area contributed by atoms with Crippen LogP contribution >= 0.6 is 35.6 Å². The van der Waals surface area contributed by atoms with E-state index in [1.165, 1.54) is 16.7 Å². The smallest absolute Gasteiger partial charge is 0.270 e. The van der Waals surface area contributed by atoms with Crippen LogP contribution in [0.4, 0.5) is 10.1 Å². The first-order valence-corrected chi connectivity index (χ1v) is 11.0. The summed E-state index contributed by atoms with van der Waals surface area (Å²) in [5.41, 5.74) is 1.34. The number of hydrogen-bond donors (Lipinski definition) is 0. The highest BCUT2D eigenvalue weighted by Crippen LogP contribution is 2.37. The number of benzene rings is 2. The molecule has 0 unspecified atom stereocenters. The number of nitrogens with zero attached hydrogens (tertiary/aromatic N) is 3. The van der Waals surface area contributed by atoms with Crippen LogP contribution in [-0.4, -0.2) is 26.8 Å². The van der Waals surface area contributed by atoms with Gasteiger partial charge in [0.05, 0.1) is 23.4 Å². The van der Waals surface area contributed by atoms with Crippen molar-refractivity contribution in [3.8, 4) is 17.4 Å². The summed E-state index contributed by atoms with van der Waals surface area (Å²) in [4.78, 5) is 22.2. The third-order valence-electron chi connectivity index (χ3n) is 4.25. The Bertz CT molecular complexity index is 1220. The molecule has 32 heavy (non-hydrogen) atoms. The zero-order chi connectivity index (χ0) is 22.7. The van der Waals surface area contributed by atoms with E-state index < -0.39 is 5.82 Å². The molecule has 0 radical (unpaired) electrons. The molecule has 1 aromatic heterocycles. The highest BCUT2D eigenvalue weighted by molar-refractivity contribution is 8.27. The van der Waals surface area contributed by atoms with Crippen LogP contribution in [0, 0.1) is 5.82 Å². The van der Waals surface area contributed by atoms with Crippen molar-refractivity contribution in [3.63, 3.8) is 0 Å². The maximum atomic E-state index is 13.9. The number of halogens is 2. The van der Waals surface area contributed by atoms with E-state index in [0.29, 0.717) is 32.8 Å². The molecule has 1 fully saturated rings. The second-order valence-corrected chi connectivity index (χ2v) is 8.42. The Labute approximate surface area is 198 Å². The number of ether oxygens (including phenoxy) is 2. The van der Waals surface area contributed by atoms with Crippen molar-refractivity contribution in [1.82, 2.24) is 9.97 Å². The third-order valence-corrected chi connectivity index (χ3v) is 5.74. The highest BCUT2D eigenvalue weighted by atomic mass is 35.5. The van der Waals surface area contributed by atoms with E-state index in [1.54, 1.807) is 54.6 Å². The van der Waals surface area contributed by atoms with Gasteiger partial charge < -0.3 is 9.47 Å². The number of hydrogen-bond acceptors (Lipinski definition) is 7. The van der Waals surface area contributed by atoms with Crippen LogP contribution in [0.5, 0.6) is 17.4 Å². The monoisotopic (exact) mass is 487 g/mol. The fraction of sp³-hybridized carbons (Fsp3) is 0.0909. The Morgan fingerprint density at radius 3 is 2.75 bits per heavy atom. The lowest BCUT2D eigenvalue weighted by Gasteiger charge is -2.15. The molecule has 162 valence electrons. The van der Waals surface area contributed by atoms with E-state index in [0.717, 1.165) is 11.9 Å². The molecule has 6 nitrogen and oxygen atoms in total. The molecule has 3 aromatic rings. The summed E-state index contributed by atoms with van der Waals surface area (Å²) in [7, 11) is 0. The van der Waals surface area contributed by atoms with Gasteiger partial charge in [0, 0.05) is 0 Å². The predicted octanol–water partition coefficient (Wildman–Crippen LogP) is 5.87. The van der Waals surface area contributed by atoms with Crippen molar-refractivity contribution in [3.05, 3.63) is 76.3 Å². The molecule has 2 aromatic carbocycles. The first-order valence-electron chi connectivity index (χ1n) is 9.41. The number of thioether (sulfide) groups is 1. The number of aromatic nitrogens is 2. The molecular formula is C22H15ClFN3O3S2. The van der Waals surface area contributed by atoms with Gasteiger partial charge in [-0.25, -0.2) is 4.98 Å². The SMILES string of the molecule is CCOc1ccc(N2C(=O)C(=Cc3cccc(Oc4nc(Cl)ncc4F)c3)SC2=S)cc1. The van der Waals surface area contributed by atoms with E-state index in [2.05, 4.69) is 9.97 Å². The first kappa shape index (κ1) is 22.2. The minimum Gasteiger partial charge on any atom is -0.494 e. The molecule has 0 saturated carbocycles. The van der Waals surface area contributed by atoms with Gasteiger partial charge in [-0.1, -0.05) is 36.1 Å². The molecule has 0 aliphatic carbocycles. The summed E-state index contributed by atoms with van der Waals surface area (Å²) < 4.78 is 25.2. The summed E-state index contributed by atoms with van der Waals surface area (Å²) in [6.07, 6.45) is 2.63. The van der Waals surface area contributed by atoms with Crippen molar-refractivity contribution < 1.29 is 18.7 Å². The van der Waals surface area contributed by atoms with Gasteiger partial charge in [-0.2, -0.15) is 9.37 Å². The largest absolute Gasteiger partial charge is 0.494 e. The van der Waals surface area contributed by atoms with Gasteiger partial charge in [-0.05, 0) is 66.6 Å². The lowest BCUT2D eigenvalue weighted by molar-refractivity contribution is -0.113. The van der Waals surface area contributed by atoms with E-state index in [1.807, 2.05) is 6.92 Å². The van der Waals surface area contributed by atoms with Crippen molar-refractivity contribution in [2.45, 2.75) is 6.92 Å². The average Bonchev–Trinajstić information content (AvgIpc) is 3.05. The first-order chi connectivity index (χ1) is 15.4. The fourth-order valence-corrected chi connectivity index (χ4v) is 4.31. The van der Waals surface area contributed by atoms with Crippen LogP contribution in [-0.2, 0) is 4.79 Å². The Hall–Kier alpha value is -3.01. The highest BCUT2D eigenvalue weighted by Gasteiger charge is 2.33. The van der Waals surface area contributed by atoms with E-state index >= 15 is 0 Å². The summed E-state index contributed by atoms with van der Waals surface area (Å²) >= 11 is 12.3. The summed E-state index contributed by atoms with van der Waals surface area (Å²) in [5.74, 6) is -0.214. The molecule has 1 aliphatic rings. The van der Waals surface area contributed by atoms with Crippen LogP contribution < -0.4 is 14.4 Å². The zero-order valence-corrected chi connectivity index (χ0v) is 19.0. The van der Waals surface area contributed by atoms with Gasteiger partial charge in [-0.15, -0.1) is 0 Å². The van der Waals surface area contributed by atoms with E-state index in [9.17, 15) is 9.18 Å². The number of rotatable bonds is 6. The van der Waals surface area contributed by atoms with E-state index in [4.69, 9.17) is 33.3 Å². The molecule has 1 saturated heterocycles. The summed E-state index contributed by atoms with van der Waals surface area (Å²) in [6.45, 7) is 2.46. The lowest BCUT2D eigenvalue weighted by atomic mass is 10.2. The van der Waals surface area contributed by atoms with Gasteiger partial charge in [0.15, 0.2) is 4.32 Å². The maximum absolute atomic E-state index is 13.9. The molecule has 2 heterocycles. The molecule has 1 aliphatic heterocycles. The normalized spacial score (nSPS) is 14.8. The lowest BCUT2D eigenvalue weighted by Crippen LogP contribution is -2.27. The van der Waals surface area contributed by atoms with Gasteiger partial charge in [0.1, 0.15) is 11.5 Å².